The van der Waals surface area contributed by atoms with Crippen LogP contribution in [0.1, 0.15) is 16.8 Å². The molecule has 0 saturated carbocycles. The molecule has 100 valence electrons. The smallest absolute Gasteiger partial charge is 0.253 e. The van der Waals surface area contributed by atoms with Gasteiger partial charge in [-0.3, -0.25) is 4.79 Å². The lowest BCUT2D eigenvalue weighted by molar-refractivity contribution is 0.0878. The summed E-state index contributed by atoms with van der Waals surface area (Å²) in [6.07, 6.45) is 0.428. The van der Waals surface area contributed by atoms with Gasteiger partial charge >= 0.3 is 0 Å². The zero-order valence-corrected chi connectivity index (χ0v) is 11.7. The Morgan fingerprint density at radius 2 is 2.33 bits per heavy atom. The van der Waals surface area contributed by atoms with Gasteiger partial charge in [0.25, 0.3) is 5.91 Å². The first-order valence-electron chi connectivity index (χ1n) is 5.47. The number of hydrogen-bond donors (Lipinski definition) is 3. The monoisotopic (exact) mass is 289 g/mol. The number of rotatable bonds is 6. The topological polar surface area (TPSA) is 58.6 Å². The van der Waals surface area contributed by atoms with Crippen LogP contribution in [0.2, 0.25) is 5.02 Å². The Bertz CT molecular complexity index is 408. The number of ether oxygens (including phenoxy) is 1. The molecule has 1 atom stereocenters. The number of carbonyl (C=O) groups excluding carboxylic acids is 1. The summed E-state index contributed by atoms with van der Waals surface area (Å²) in [5.41, 5.74) is 0.364. The summed E-state index contributed by atoms with van der Waals surface area (Å²) in [6.45, 7) is 0.319. The number of methoxy groups -OCH3 is 1. The number of halogens is 1. The van der Waals surface area contributed by atoms with E-state index in [0.717, 1.165) is 0 Å². The van der Waals surface area contributed by atoms with Gasteiger partial charge in [-0.25, -0.2) is 0 Å². The van der Waals surface area contributed by atoms with Crippen molar-refractivity contribution in [2.45, 2.75) is 17.4 Å². The van der Waals surface area contributed by atoms with E-state index in [9.17, 15) is 4.79 Å². The van der Waals surface area contributed by atoms with E-state index < -0.39 is 0 Å². The van der Waals surface area contributed by atoms with Gasteiger partial charge in [-0.15, -0.1) is 12.6 Å². The second-order valence-corrected chi connectivity index (χ2v) is 4.73. The lowest BCUT2D eigenvalue weighted by Crippen LogP contribution is -2.38. The van der Waals surface area contributed by atoms with Crippen LogP contribution in [0.3, 0.4) is 0 Å². The summed E-state index contributed by atoms with van der Waals surface area (Å²) in [6, 6.07) is 4.69. The quantitative estimate of drug-likeness (QED) is 0.700. The Balaban J connectivity index is 2.76. The third-order valence-electron chi connectivity index (χ3n) is 2.38. The van der Waals surface area contributed by atoms with E-state index in [0.29, 0.717) is 28.5 Å². The van der Waals surface area contributed by atoms with Gasteiger partial charge in [0.15, 0.2) is 0 Å². The zero-order chi connectivity index (χ0) is 13.5. The molecule has 0 bridgehead atoms. The van der Waals surface area contributed by atoms with Crippen LogP contribution in [0.4, 0.5) is 0 Å². The SMILES string of the molecule is COCC(CCO)NC(=O)c1cc(S)ccc1Cl. The molecule has 1 unspecified atom stereocenters. The van der Waals surface area contributed by atoms with E-state index in [1.54, 1.807) is 18.2 Å². The molecule has 0 spiro atoms. The highest BCUT2D eigenvalue weighted by atomic mass is 35.5. The predicted molar refractivity (Wildman–Crippen MR) is 73.5 cm³/mol. The molecule has 1 amide bonds. The summed E-state index contributed by atoms with van der Waals surface area (Å²) in [4.78, 5) is 12.7. The van der Waals surface area contributed by atoms with E-state index in [2.05, 4.69) is 17.9 Å². The average Bonchev–Trinajstić information content (AvgIpc) is 2.33. The van der Waals surface area contributed by atoms with E-state index in [1.165, 1.54) is 7.11 Å². The van der Waals surface area contributed by atoms with Gasteiger partial charge in [0.1, 0.15) is 0 Å². The second-order valence-electron chi connectivity index (χ2n) is 3.80. The fourth-order valence-corrected chi connectivity index (χ4v) is 1.91. The van der Waals surface area contributed by atoms with Crippen LogP contribution in [0.15, 0.2) is 23.1 Å². The maximum atomic E-state index is 12.0. The van der Waals surface area contributed by atoms with E-state index >= 15 is 0 Å². The molecule has 6 heteroatoms. The fraction of sp³-hybridized carbons (Fsp3) is 0.417. The number of thiol groups is 1. The molecule has 0 fully saturated rings. The van der Waals surface area contributed by atoms with Gasteiger partial charge in [-0.2, -0.15) is 0 Å². The molecule has 1 rings (SSSR count). The predicted octanol–water partition coefficient (Wildman–Crippen LogP) is 1.76. The largest absolute Gasteiger partial charge is 0.396 e. The molecule has 0 heterocycles. The van der Waals surface area contributed by atoms with Crippen LogP contribution >= 0.6 is 24.2 Å². The first-order chi connectivity index (χ1) is 8.58. The Morgan fingerprint density at radius 3 is 2.94 bits per heavy atom. The van der Waals surface area contributed by atoms with Crippen molar-refractivity contribution in [2.75, 3.05) is 20.3 Å². The summed E-state index contributed by atoms with van der Waals surface area (Å²) in [5, 5.41) is 12.0. The van der Waals surface area contributed by atoms with Gasteiger partial charge in [-0.05, 0) is 24.6 Å². The van der Waals surface area contributed by atoms with Gasteiger partial charge in [0, 0.05) is 18.6 Å². The number of benzene rings is 1. The second kappa shape index (κ2) is 7.63. The Kier molecular flexibility index (Phi) is 6.49. The van der Waals surface area contributed by atoms with Crippen molar-refractivity contribution in [3.63, 3.8) is 0 Å². The lowest BCUT2D eigenvalue weighted by Gasteiger charge is -2.17. The molecule has 0 aliphatic heterocycles. The molecule has 0 aromatic heterocycles. The van der Waals surface area contributed by atoms with Gasteiger partial charge in [0.2, 0.25) is 0 Å². The van der Waals surface area contributed by atoms with Crippen LogP contribution in [0.5, 0.6) is 0 Å². The number of hydrogen-bond acceptors (Lipinski definition) is 4. The molecule has 1 aromatic rings. The number of aliphatic hydroxyl groups is 1. The standard InChI is InChI=1S/C12H16ClNO3S/c1-17-7-8(4-5-15)14-12(16)10-6-9(18)2-3-11(10)13/h2-3,6,8,15,18H,4-5,7H2,1H3,(H,14,16). The molecule has 0 saturated heterocycles. The van der Waals surface area contributed by atoms with Gasteiger partial charge < -0.3 is 15.2 Å². The summed E-state index contributed by atoms with van der Waals surface area (Å²) >= 11 is 10.1. The highest BCUT2D eigenvalue weighted by Gasteiger charge is 2.15. The van der Waals surface area contributed by atoms with Crippen LogP contribution in [-0.2, 0) is 4.74 Å². The molecule has 18 heavy (non-hydrogen) atoms. The third-order valence-corrected chi connectivity index (χ3v) is 2.98. The van der Waals surface area contributed by atoms with Crippen molar-refractivity contribution in [1.82, 2.24) is 5.32 Å². The summed E-state index contributed by atoms with van der Waals surface area (Å²) < 4.78 is 4.97. The van der Waals surface area contributed by atoms with Gasteiger partial charge in [0.05, 0.1) is 23.2 Å². The maximum Gasteiger partial charge on any atom is 0.253 e. The Labute approximate surface area is 117 Å². The van der Waals surface area contributed by atoms with Crippen molar-refractivity contribution in [2.24, 2.45) is 0 Å². The van der Waals surface area contributed by atoms with E-state index in [-0.39, 0.29) is 18.6 Å². The normalized spacial score (nSPS) is 12.2. The molecular formula is C12H16ClNO3S. The van der Waals surface area contributed by atoms with Crippen LogP contribution in [0, 0.1) is 0 Å². The highest BCUT2D eigenvalue weighted by molar-refractivity contribution is 7.80. The molecule has 4 nitrogen and oxygen atoms in total. The van der Waals surface area contributed by atoms with E-state index in [1.807, 2.05) is 0 Å². The highest BCUT2D eigenvalue weighted by Crippen LogP contribution is 2.19. The Morgan fingerprint density at radius 1 is 1.61 bits per heavy atom. The molecule has 2 N–H and O–H groups in total. The van der Waals surface area contributed by atoms with Crippen molar-refractivity contribution in [3.05, 3.63) is 28.8 Å². The van der Waals surface area contributed by atoms with Crippen molar-refractivity contribution >= 4 is 30.1 Å². The number of nitrogens with one attached hydrogen (secondary N) is 1. The van der Waals surface area contributed by atoms with Crippen LogP contribution in [0.25, 0.3) is 0 Å². The van der Waals surface area contributed by atoms with Gasteiger partial charge in [-0.1, -0.05) is 11.6 Å². The minimum absolute atomic E-state index is 0.0192. The minimum atomic E-state index is -0.300. The first kappa shape index (κ1) is 15.3. The molecule has 1 aromatic carbocycles. The summed E-state index contributed by atoms with van der Waals surface area (Å²) in [7, 11) is 1.54. The molecule has 0 radical (unpaired) electrons. The first-order valence-corrected chi connectivity index (χ1v) is 6.30. The zero-order valence-electron chi connectivity index (χ0n) is 10.0. The molecule has 0 aliphatic rings. The number of carbonyl (C=O) groups is 1. The fourth-order valence-electron chi connectivity index (χ4n) is 1.50. The maximum absolute atomic E-state index is 12.0. The van der Waals surface area contributed by atoms with Crippen LogP contribution < -0.4 is 5.32 Å². The van der Waals surface area contributed by atoms with E-state index in [4.69, 9.17) is 21.4 Å². The molecule has 0 aliphatic carbocycles. The average molecular weight is 290 g/mol. The van der Waals surface area contributed by atoms with Crippen LogP contribution in [-0.4, -0.2) is 37.4 Å². The summed E-state index contributed by atoms with van der Waals surface area (Å²) in [5.74, 6) is -0.300. The van der Waals surface area contributed by atoms with Crippen molar-refractivity contribution in [1.29, 1.82) is 0 Å². The van der Waals surface area contributed by atoms with Crippen molar-refractivity contribution in [3.8, 4) is 0 Å². The Hall–Kier alpha value is -0.750. The number of aliphatic hydroxyl groups excluding tert-OH is 1. The third kappa shape index (κ3) is 4.49. The lowest BCUT2D eigenvalue weighted by atomic mass is 10.1. The van der Waals surface area contributed by atoms with Crippen molar-refractivity contribution < 1.29 is 14.6 Å². The minimum Gasteiger partial charge on any atom is -0.396 e. The number of amides is 1. The molecular weight excluding hydrogens is 274 g/mol.